The van der Waals surface area contributed by atoms with Crippen LogP contribution in [0.5, 0.6) is 0 Å². The molecule has 7 nitrogen and oxygen atoms in total. The van der Waals surface area contributed by atoms with Crippen molar-refractivity contribution in [1.29, 1.82) is 0 Å². The number of carboxylic acids is 1. The van der Waals surface area contributed by atoms with Gasteiger partial charge in [0.2, 0.25) is 0 Å². The molecule has 2 rings (SSSR count). The highest BCUT2D eigenvalue weighted by atomic mass is 16.5. The topological polar surface area (TPSA) is 101 Å². The zero-order chi connectivity index (χ0) is 14.6. The Morgan fingerprint density at radius 2 is 2.00 bits per heavy atom. The molecule has 0 unspecified atom stereocenters. The number of carbonyl (C=O) groups is 2. The Balaban J connectivity index is 2.01. The number of rotatable bonds is 6. The molecule has 0 spiro atoms. The van der Waals surface area contributed by atoms with Crippen LogP contribution in [-0.4, -0.2) is 46.2 Å². The summed E-state index contributed by atoms with van der Waals surface area (Å²) >= 11 is 0. The van der Waals surface area contributed by atoms with Crippen LogP contribution in [0.4, 0.5) is 0 Å². The highest BCUT2D eigenvalue weighted by Crippen LogP contribution is 2.35. The first-order valence-electron chi connectivity index (χ1n) is 6.43. The Hall–Kier alpha value is -2.02. The van der Waals surface area contributed by atoms with Crippen molar-refractivity contribution in [1.82, 2.24) is 15.3 Å². The predicted octanol–water partition coefficient (Wildman–Crippen LogP) is 0.864. The minimum absolute atomic E-state index is 0.124. The molecule has 1 aromatic heterocycles. The van der Waals surface area contributed by atoms with Crippen LogP contribution in [0.3, 0.4) is 0 Å². The van der Waals surface area contributed by atoms with Gasteiger partial charge in [0.1, 0.15) is 5.69 Å². The van der Waals surface area contributed by atoms with E-state index in [4.69, 9.17) is 9.84 Å². The quantitative estimate of drug-likeness (QED) is 0.801. The standard InChI is InChI=1S/C13H17N3O4/c1-20-6-5-13(3-2-4-13)16-11(17)9-7-15-10(8-14-9)12(18)19/h7-8H,2-6H2,1H3,(H,16,17)(H,18,19). The van der Waals surface area contributed by atoms with E-state index in [9.17, 15) is 9.59 Å². The van der Waals surface area contributed by atoms with E-state index in [0.717, 1.165) is 31.9 Å². The number of amides is 1. The van der Waals surface area contributed by atoms with Gasteiger partial charge in [-0.1, -0.05) is 0 Å². The lowest BCUT2D eigenvalue weighted by atomic mass is 9.74. The molecule has 7 heteroatoms. The molecule has 0 saturated heterocycles. The fraction of sp³-hybridized carbons (Fsp3) is 0.538. The van der Waals surface area contributed by atoms with E-state index in [1.807, 2.05) is 0 Å². The van der Waals surface area contributed by atoms with Crippen LogP contribution in [0, 0.1) is 0 Å². The summed E-state index contributed by atoms with van der Waals surface area (Å²) in [5, 5.41) is 11.7. The van der Waals surface area contributed by atoms with Crippen LogP contribution in [0.25, 0.3) is 0 Å². The molecule has 20 heavy (non-hydrogen) atoms. The van der Waals surface area contributed by atoms with Gasteiger partial charge in [0.05, 0.1) is 12.4 Å². The van der Waals surface area contributed by atoms with Crippen LogP contribution < -0.4 is 5.32 Å². The third-order valence-electron chi connectivity index (χ3n) is 3.58. The van der Waals surface area contributed by atoms with Crippen molar-refractivity contribution >= 4 is 11.9 Å². The number of carbonyl (C=O) groups excluding carboxylic acids is 1. The molecule has 108 valence electrons. The highest BCUT2D eigenvalue weighted by Gasteiger charge is 2.38. The van der Waals surface area contributed by atoms with Crippen molar-refractivity contribution in [2.24, 2.45) is 0 Å². The fourth-order valence-corrected chi connectivity index (χ4v) is 2.20. The van der Waals surface area contributed by atoms with Crippen molar-refractivity contribution in [2.75, 3.05) is 13.7 Å². The SMILES string of the molecule is COCCC1(NC(=O)c2cnc(C(=O)O)cn2)CCC1. The Labute approximate surface area is 116 Å². The molecular weight excluding hydrogens is 262 g/mol. The first-order valence-corrected chi connectivity index (χ1v) is 6.43. The van der Waals surface area contributed by atoms with Crippen molar-refractivity contribution in [3.05, 3.63) is 23.8 Å². The Kier molecular flexibility index (Phi) is 4.29. The van der Waals surface area contributed by atoms with Crippen molar-refractivity contribution < 1.29 is 19.4 Å². The van der Waals surface area contributed by atoms with Crippen molar-refractivity contribution in [3.8, 4) is 0 Å². The van der Waals surface area contributed by atoms with Crippen LogP contribution in [0.15, 0.2) is 12.4 Å². The van der Waals surface area contributed by atoms with Gasteiger partial charge in [0.25, 0.3) is 5.91 Å². The summed E-state index contributed by atoms with van der Waals surface area (Å²) in [6.45, 7) is 0.587. The van der Waals surface area contributed by atoms with Crippen LogP contribution in [0.2, 0.25) is 0 Å². The number of ether oxygens (including phenoxy) is 1. The molecule has 0 radical (unpaired) electrons. The van der Waals surface area contributed by atoms with E-state index in [1.165, 1.54) is 6.20 Å². The van der Waals surface area contributed by atoms with Crippen molar-refractivity contribution in [2.45, 2.75) is 31.2 Å². The van der Waals surface area contributed by atoms with E-state index in [0.29, 0.717) is 6.61 Å². The summed E-state index contributed by atoms with van der Waals surface area (Å²) in [6, 6.07) is 0. The molecule has 0 aromatic carbocycles. The Morgan fingerprint density at radius 3 is 2.45 bits per heavy atom. The molecule has 1 aliphatic rings. The van der Waals surface area contributed by atoms with Gasteiger partial charge in [-0.15, -0.1) is 0 Å². The molecule has 1 heterocycles. The number of nitrogens with one attached hydrogen (secondary N) is 1. The first kappa shape index (κ1) is 14.4. The molecule has 0 bridgehead atoms. The van der Waals surface area contributed by atoms with Gasteiger partial charge in [-0.3, -0.25) is 4.79 Å². The fourth-order valence-electron chi connectivity index (χ4n) is 2.20. The lowest BCUT2D eigenvalue weighted by Gasteiger charge is -2.42. The number of aromatic carboxylic acids is 1. The largest absolute Gasteiger partial charge is 0.476 e. The number of carboxylic acid groups (broad SMARTS) is 1. The molecular formula is C13H17N3O4. The molecule has 1 saturated carbocycles. The van der Waals surface area contributed by atoms with E-state index < -0.39 is 5.97 Å². The summed E-state index contributed by atoms with van der Waals surface area (Å²) in [5.41, 5.74) is -0.279. The molecule has 1 amide bonds. The van der Waals surface area contributed by atoms with Gasteiger partial charge < -0.3 is 15.2 Å². The summed E-state index contributed by atoms with van der Waals surface area (Å²) in [4.78, 5) is 30.3. The average molecular weight is 279 g/mol. The normalized spacial score (nSPS) is 16.2. The molecule has 1 aliphatic carbocycles. The second kappa shape index (κ2) is 5.96. The number of nitrogens with zero attached hydrogens (tertiary/aromatic N) is 2. The van der Waals surface area contributed by atoms with Crippen molar-refractivity contribution in [3.63, 3.8) is 0 Å². The lowest BCUT2D eigenvalue weighted by Crippen LogP contribution is -2.54. The Morgan fingerprint density at radius 1 is 1.35 bits per heavy atom. The number of aromatic nitrogens is 2. The van der Waals surface area contributed by atoms with Gasteiger partial charge in [0.15, 0.2) is 5.69 Å². The van der Waals surface area contributed by atoms with Crippen LogP contribution in [-0.2, 0) is 4.74 Å². The molecule has 1 aromatic rings. The summed E-state index contributed by atoms with van der Waals surface area (Å²) in [7, 11) is 1.63. The van der Waals surface area contributed by atoms with Gasteiger partial charge in [-0.25, -0.2) is 14.8 Å². The maximum atomic E-state index is 12.1. The molecule has 1 fully saturated rings. The zero-order valence-corrected chi connectivity index (χ0v) is 11.3. The summed E-state index contributed by atoms with van der Waals surface area (Å²) in [6.07, 6.45) is 5.94. The second-order valence-electron chi connectivity index (χ2n) is 4.92. The van der Waals surface area contributed by atoms with Gasteiger partial charge >= 0.3 is 5.97 Å². The number of hydrogen-bond donors (Lipinski definition) is 2. The van der Waals surface area contributed by atoms with E-state index >= 15 is 0 Å². The average Bonchev–Trinajstić information content (AvgIpc) is 2.41. The molecule has 0 aliphatic heterocycles. The zero-order valence-electron chi connectivity index (χ0n) is 11.3. The van der Waals surface area contributed by atoms with Crippen LogP contribution >= 0.6 is 0 Å². The summed E-state index contributed by atoms with van der Waals surface area (Å²) < 4.78 is 5.06. The minimum atomic E-state index is -1.17. The number of hydrogen-bond acceptors (Lipinski definition) is 5. The van der Waals surface area contributed by atoms with E-state index in [-0.39, 0.29) is 22.8 Å². The maximum absolute atomic E-state index is 12.1. The van der Waals surface area contributed by atoms with E-state index in [1.54, 1.807) is 7.11 Å². The summed E-state index contributed by atoms with van der Waals surface area (Å²) in [5.74, 6) is -1.50. The second-order valence-corrected chi connectivity index (χ2v) is 4.92. The van der Waals surface area contributed by atoms with Gasteiger partial charge in [-0.2, -0.15) is 0 Å². The van der Waals surface area contributed by atoms with Crippen LogP contribution in [0.1, 0.15) is 46.7 Å². The highest BCUT2D eigenvalue weighted by molar-refractivity contribution is 5.93. The lowest BCUT2D eigenvalue weighted by molar-refractivity contribution is 0.0683. The Bertz CT molecular complexity index is 497. The smallest absolute Gasteiger partial charge is 0.356 e. The van der Waals surface area contributed by atoms with E-state index in [2.05, 4.69) is 15.3 Å². The first-order chi connectivity index (χ1) is 9.56. The molecule has 2 N–H and O–H groups in total. The number of methoxy groups -OCH3 is 1. The maximum Gasteiger partial charge on any atom is 0.356 e. The van der Waals surface area contributed by atoms with Gasteiger partial charge in [0, 0.05) is 19.3 Å². The third kappa shape index (κ3) is 3.11. The third-order valence-corrected chi connectivity index (χ3v) is 3.58. The minimum Gasteiger partial charge on any atom is -0.476 e. The monoisotopic (exact) mass is 279 g/mol. The predicted molar refractivity (Wildman–Crippen MR) is 69.5 cm³/mol. The van der Waals surface area contributed by atoms with Gasteiger partial charge in [-0.05, 0) is 25.7 Å². The molecule has 0 atom stereocenters.